The molecule has 0 amide bonds. The molecule has 3 nitrogen and oxygen atoms in total. The summed E-state index contributed by atoms with van der Waals surface area (Å²) in [5, 5.41) is 8.10. The van der Waals surface area contributed by atoms with Crippen LogP contribution in [0.15, 0.2) is 29.4 Å². The highest BCUT2D eigenvalue weighted by Crippen LogP contribution is 2.17. The monoisotopic (exact) mass is 289 g/mol. The van der Waals surface area contributed by atoms with Crippen LogP contribution in [0, 0.1) is 0 Å². The summed E-state index contributed by atoms with van der Waals surface area (Å²) in [7, 11) is 0. The molecule has 0 aliphatic heterocycles. The number of nitrogens with one attached hydrogen (secondary N) is 2. The lowest BCUT2D eigenvalue weighted by Gasteiger charge is -2.13. The van der Waals surface area contributed by atoms with E-state index in [4.69, 9.17) is 12.2 Å². The van der Waals surface area contributed by atoms with E-state index in [0.29, 0.717) is 11.0 Å². The number of hydrogen-bond donors (Lipinski definition) is 2. The first-order valence-electron chi connectivity index (χ1n) is 7.37. The van der Waals surface area contributed by atoms with Crippen molar-refractivity contribution < 1.29 is 0 Å². The van der Waals surface area contributed by atoms with Crippen LogP contribution in [-0.2, 0) is 0 Å². The van der Waals surface area contributed by atoms with Gasteiger partial charge in [0.15, 0.2) is 5.11 Å². The van der Waals surface area contributed by atoms with Crippen LogP contribution in [0.1, 0.15) is 57.4 Å². The SMILES string of the molecule is CC(C)c1ccc(NC(=S)NN=C2CCCCC2)cc1. The molecule has 1 saturated carbocycles. The molecule has 0 aromatic heterocycles. The summed E-state index contributed by atoms with van der Waals surface area (Å²) in [5.74, 6) is 0.548. The van der Waals surface area contributed by atoms with Gasteiger partial charge in [0.1, 0.15) is 0 Å². The van der Waals surface area contributed by atoms with E-state index in [1.807, 2.05) is 0 Å². The molecule has 108 valence electrons. The van der Waals surface area contributed by atoms with Crippen molar-refractivity contribution in [3.05, 3.63) is 29.8 Å². The van der Waals surface area contributed by atoms with Gasteiger partial charge in [-0.3, -0.25) is 5.43 Å². The highest BCUT2D eigenvalue weighted by molar-refractivity contribution is 7.80. The Kier molecular flexibility index (Phi) is 5.53. The molecule has 0 heterocycles. The Bertz CT molecular complexity index is 469. The third-order valence-corrected chi connectivity index (χ3v) is 3.77. The minimum atomic E-state index is 0.548. The molecule has 0 bridgehead atoms. The molecule has 1 aliphatic rings. The Labute approximate surface area is 126 Å². The van der Waals surface area contributed by atoms with Gasteiger partial charge in [0.05, 0.1) is 0 Å². The fourth-order valence-corrected chi connectivity index (χ4v) is 2.48. The molecule has 4 heteroatoms. The molecule has 0 unspecified atom stereocenters. The van der Waals surface area contributed by atoms with Crippen LogP contribution in [0.25, 0.3) is 0 Å². The Balaban J connectivity index is 1.84. The van der Waals surface area contributed by atoms with E-state index < -0.39 is 0 Å². The summed E-state index contributed by atoms with van der Waals surface area (Å²) in [6.45, 7) is 4.38. The largest absolute Gasteiger partial charge is 0.331 e. The maximum absolute atomic E-state index is 5.26. The van der Waals surface area contributed by atoms with Crippen LogP contribution >= 0.6 is 12.2 Å². The predicted octanol–water partition coefficient (Wildman–Crippen LogP) is 4.42. The summed E-state index contributed by atoms with van der Waals surface area (Å²) < 4.78 is 0. The zero-order chi connectivity index (χ0) is 14.4. The van der Waals surface area contributed by atoms with E-state index in [0.717, 1.165) is 18.5 Å². The minimum Gasteiger partial charge on any atom is -0.331 e. The number of thiocarbonyl (C=S) groups is 1. The molecule has 0 spiro atoms. The molecule has 1 aromatic carbocycles. The van der Waals surface area contributed by atoms with Crippen LogP contribution in [0.4, 0.5) is 5.69 Å². The van der Waals surface area contributed by atoms with Crippen LogP contribution in [0.5, 0.6) is 0 Å². The number of hydrogen-bond acceptors (Lipinski definition) is 2. The molecule has 2 rings (SSSR count). The topological polar surface area (TPSA) is 36.4 Å². The number of anilines is 1. The first-order valence-corrected chi connectivity index (χ1v) is 7.78. The zero-order valence-electron chi connectivity index (χ0n) is 12.3. The lowest BCUT2D eigenvalue weighted by Crippen LogP contribution is -2.25. The second-order valence-electron chi connectivity index (χ2n) is 5.58. The van der Waals surface area contributed by atoms with Gasteiger partial charge >= 0.3 is 0 Å². The van der Waals surface area contributed by atoms with Crippen molar-refractivity contribution in [2.24, 2.45) is 5.10 Å². The zero-order valence-corrected chi connectivity index (χ0v) is 13.1. The van der Waals surface area contributed by atoms with Crippen LogP contribution in [0.3, 0.4) is 0 Å². The normalized spacial score (nSPS) is 15.1. The summed E-state index contributed by atoms with van der Waals surface area (Å²) in [5.41, 5.74) is 6.51. The molecule has 0 radical (unpaired) electrons. The van der Waals surface area contributed by atoms with Gasteiger partial charge in [-0.05, 0) is 61.5 Å². The third kappa shape index (κ3) is 4.60. The smallest absolute Gasteiger partial charge is 0.191 e. The summed E-state index contributed by atoms with van der Waals surface area (Å²) in [4.78, 5) is 0. The molecule has 1 aromatic rings. The lowest BCUT2D eigenvalue weighted by molar-refractivity contribution is 0.661. The fourth-order valence-electron chi connectivity index (χ4n) is 2.31. The maximum Gasteiger partial charge on any atom is 0.191 e. The molecule has 0 saturated heterocycles. The first kappa shape index (κ1) is 15.0. The van der Waals surface area contributed by atoms with E-state index in [1.165, 1.54) is 30.5 Å². The fraction of sp³-hybridized carbons (Fsp3) is 0.500. The molecule has 1 fully saturated rings. The van der Waals surface area contributed by atoms with Crippen molar-refractivity contribution >= 4 is 28.7 Å². The Hall–Kier alpha value is -1.42. The van der Waals surface area contributed by atoms with Gasteiger partial charge in [0.2, 0.25) is 0 Å². The van der Waals surface area contributed by atoms with E-state index in [2.05, 4.69) is 54.0 Å². The molecule has 1 aliphatic carbocycles. The van der Waals surface area contributed by atoms with Gasteiger partial charge in [0, 0.05) is 11.4 Å². The number of rotatable bonds is 3. The maximum atomic E-state index is 5.26. The molecule has 20 heavy (non-hydrogen) atoms. The number of hydrazone groups is 1. The van der Waals surface area contributed by atoms with E-state index in [9.17, 15) is 0 Å². The number of benzene rings is 1. The van der Waals surface area contributed by atoms with Gasteiger partial charge in [-0.25, -0.2) is 0 Å². The summed E-state index contributed by atoms with van der Waals surface area (Å²) in [6, 6.07) is 8.36. The van der Waals surface area contributed by atoms with E-state index in [1.54, 1.807) is 0 Å². The summed E-state index contributed by atoms with van der Waals surface area (Å²) >= 11 is 5.26. The average Bonchev–Trinajstić information content (AvgIpc) is 2.47. The summed E-state index contributed by atoms with van der Waals surface area (Å²) in [6.07, 6.45) is 6.01. The quantitative estimate of drug-likeness (QED) is 0.639. The Morgan fingerprint density at radius 1 is 1.10 bits per heavy atom. The van der Waals surface area contributed by atoms with Gasteiger partial charge in [-0.1, -0.05) is 32.4 Å². The first-order chi connectivity index (χ1) is 9.65. The van der Waals surface area contributed by atoms with Crippen LogP contribution in [0.2, 0.25) is 0 Å². The highest BCUT2D eigenvalue weighted by Gasteiger charge is 2.06. The van der Waals surface area contributed by atoms with Gasteiger partial charge in [-0.2, -0.15) is 5.10 Å². The Morgan fingerprint density at radius 2 is 1.75 bits per heavy atom. The minimum absolute atomic E-state index is 0.548. The standard InChI is InChI=1S/C16H23N3S/c1-12(2)13-8-10-14(11-9-13)17-16(20)19-18-15-6-4-3-5-7-15/h8-12H,3-7H2,1-2H3,(H2,17,19,20). The van der Waals surface area contributed by atoms with Gasteiger partial charge < -0.3 is 5.32 Å². The second-order valence-corrected chi connectivity index (χ2v) is 5.99. The molecular weight excluding hydrogens is 266 g/mol. The van der Waals surface area contributed by atoms with Crippen molar-refractivity contribution in [1.82, 2.24) is 5.43 Å². The average molecular weight is 289 g/mol. The van der Waals surface area contributed by atoms with Crippen molar-refractivity contribution in [3.8, 4) is 0 Å². The van der Waals surface area contributed by atoms with Gasteiger partial charge in [0.25, 0.3) is 0 Å². The number of nitrogens with zero attached hydrogens (tertiary/aromatic N) is 1. The predicted molar refractivity (Wildman–Crippen MR) is 90.4 cm³/mol. The highest BCUT2D eigenvalue weighted by atomic mass is 32.1. The van der Waals surface area contributed by atoms with Gasteiger partial charge in [-0.15, -0.1) is 0 Å². The molecule has 2 N–H and O–H groups in total. The van der Waals surface area contributed by atoms with Crippen molar-refractivity contribution in [1.29, 1.82) is 0 Å². The molecular formula is C16H23N3S. The van der Waals surface area contributed by atoms with Crippen molar-refractivity contribution in [3.63, 3.8) is 0 Å². The lowest BCUT2D eigenvalue weighted by atomic mass is 9.99. The molecule has 0 atom stereocenters. The van der Waals surface area contributed by atoms with Crippen LogP contribution in [-0.4, -0.2) is 10.8 Å². The third-order valence-electron chi connectivity index (χ3n) is 3.58. The Morgan fingerprint density at radius 3 is 2.35 bits per heavy atom. The second kappa shape index (κ2) is 7.39. The van der Waals surface area contributed by atoms with E-state index in [-0.39, 0.29) is 0 Å². The van der Waals surface area contributed by atoms with Crippen LogP contribution < -0.4 is 10.7 Å². The van der Waals surface area contributed by atoms with E-state index >= 15 is 0 Å². The van der Waals surface area contributed by atoms with Crippen molar-refractivity contribution in [2.75, 3.05) is 5.32 Å². The van der Waals surface area contributed by atoms with Crippen molar-refractivity contribution in [2.45, 2.75) is 51.9 Å².